The molecule has 0 saturated carbocycles. The lowest BCUT2D eigenvalue weighted by molar-refractivity contribution is 0.215. The number of anilines is 1. The summed E-state index contributed by atoms with van der Waals surface area (Å²) in [5.74, 6) is 1.20. The third-order valence-electron chi connectivity index (χ3n) is 2.92. The van der Waals surface area contributed by atoms with Gasteiger partial charge in [0.1, 0.15) is 17.6 Å². The number of benzene rings is 1. The molecule has 19 heavy (non-hydrogen) atoms. The van der Waals surface area contributed by atoms with Crippen LogP contribution in [0, 0.1) is 0 Å². The molecule has 5 heteroatoms. The summed E-state index contributed by atoms with van der Waals surface area (Å²) >= 11 is 0. The summed E-state index contributed by atoms with van der Waals surface area (Å²) in [5, 5.41) is 10.4. The van der Waals surface area contributed by atoms with E-state index in [0.717, 1.165) is 0 Å². The molecule has 0 amide bonds. The molecule has 1 aromatic heterocycles. The maximum Gasteiger partial charge on any atom is 0.128 e. The Kier molecular flexibility index (Phi) is 3.87. The van der Waals surface area contributed by atoms with Crippen molar-refractivity contribution < 1.29 is 14.6 Å². The van der Waals surface area contributed by atoms with Gasteiger partial charge in [0.15, 0.2) is 0 Å². The second-order valence-corrected chi connectivity index (χ2v) is 4.02. The fraction of sp³-hybridized carbons (Fsp3) is 0.214. The van der Waals surface area contributed by atoms with Crippen LogP contribution in [-0.4, -0.2) is 24.3 Å². The molecule has 1 unspecified atom stereocenters. The number of nitrogens with zero attached hydrogens (tertiary/aromatic N) is 1. The molecule has 2 aromatic rings. The zero-order valence-corrected chi connectivity index (χ0v) is 10.8. The molecule has 5 nitrogen and oxygen atoms in total. The Morgan fingerprint density at radius 1 is 1.16 bits per heavy atom. The summed E-state index contributed by atoms with van der Waals surface area (Å²) in [7, 11) is 3.11. The van der Waals surface area contributed by atoms with E-state index >= 15 is 0 Å². The number of pyridine rings is 1. The molecule has 2 rings (SSSR count). The van der Waals surface area contributed by atoms with Crippen molar-refractivity contribution in [2.24, 2.45) is 0 Å². The van der Waals surface area contributed by atoms with Crippen molar-refractivity contribution in [1.29, 1.82) is 0 Å². The summed E-state index contributed by atoms with van der Waals surface area (Å²) in [6.45, 7) is 0. The molecule has 0 fully saturated rings. The van der Waals surface area contributed by atoms with Crippen LogP contribution in [0.2, 0.25) is 0 Å². The van der Waals surface area contributed by atoms with Gasteiger partial charge in [0.2, 0.25) is 0 Å². The van der Waals surface area contributed by atoms with Gasteiger partial charge in [-0.3, -0.25) is 4.98 Å². The van der Waals surface area contributed by atoms with Crippen LogP contribution in [-0.2, 0) is 0 Å². The maximum absolute atomic E-state index is 10.4. The van der Waals surface area contributed by atoms with Gasteiger partial charge in [-0.25, -0.2) is 0 Å². The third kappa shape index (κ3) is 2.61. The molecule has 0 spiro atoms. The predicted molar refractivity (Wildman–Crippen MR) is 72.3 cm³/mol. The Balaban J connectivity index is 2.44. The van der Waals surface area contributed by atoms with Crippen LogP contribution in [0.3, 0.4) is 0 Å². The first-order chi connectivity index (χ1) is 9.17. The number of hydrogen-bond donors (Lipinski definition) is 2. The van der Waals surface area contributed by atoms with Crippen LogP contribution >= 0.6 is 0 Å². The second-order valence-electron chi connectivity index (χ2n) is 4.02. The molecule has 0 saturated heterocycles. The molecular formula is C14H16N2O3. The van der Waals surface area contributed by atoms with Gasteiger partial charge in [-0.1, -0.05) is 0 Å². The highest BCUT2D eigenvalue weighted by molar-refractivity contribution is 5.52. The monoisotopic (exact) mass is 260 g/mol. The highest BCUT2D eigenvalue weighted by Gasteiger charge is 2.18. The number of hydrogen-bond acceptors (Lipinski definition) is 5. The minimum absolute atomic E-state index is 0.486. The Hall–Kier alpha value is -2.27. The Labute approximate surface area is 111 Å². The first-order valence-corrected chi connectivity index (χ1v) is 5.76. The van der Waals surface area contributed by atoms with Crippen molar-refractivity contribution in [3.63, 3.8) is 0 Å². The zero-order valence-electron chi connectivity index (χ0n) is 10.8. The Bertz CT molecular complexity index is 572. The van der Waals surface area contributed by atoms with E-state index in [1.807, 2.05) is 0 Å². The third-order valence-corrected chi connectivity index (χ3v) is 2.92. The first kappa shape index (κ1) is 13.2. The van der Waals surface area contributed by atoms with Crippen LogP contribution in [0.25, 0.3) is 0 Å². The molecule has 0 radical (unpaired) electrons. The van der Waals surface area contributed by atoms with Crippen molar-refractivity contribution in [3.05, 3.63) is 47.8 Å². The number of ether oxygens (including phenoxy) is 2. The van der Waals surface area contributed by atoms with E-state index in [0.29, 0.717) is 28.3 Å². The number of rotatable bonds is 4. The molecular weight excluding hydrogens is 244 g/mol. The molecule has 0 aliphatic rings. The van der Waals surface area contributed by atoms with Crippen molar-refractivity contribution in [2.75, 3.05) is 20.0 Å². The molecule has 3 N–H and O–H groups in total. The van der Waals surface area contributed by atoms with Crippen molar-refractivity contribution in [2.45, 2.75) is 6.10 Å². The summed E-state index contributed by atoms with van der Waals surface area (Å²) in [5.41, 5.74) is 7.49. The van der Waals surface area contributed by atoms with Crippen molar-refractivity contribution in [3.8, 4) is 11.5 Å². The SMILES string of the molecule is COc1ccc(C(O)c2cnccc2N)c(OC)c1. The van der Waals surface area contributed by atoms with E-state index in [-0.39, 0.29) is 0 Å². The molecule has 0 aliphatic carbocycles. The largest absolute Gasteiger partial charge is 0.497 e. The maximum atomic E-state index is 10.4. The Morgan fingerprint density at radius 3 is 2.58 bits per heavy atom. The molecule has 0 aliphatic heterocycles. The first-order valence-electron chi connectivity index (χ1n) is 5.76. The van der Waals surface area contributed by atoms with Gasteiger partial charge < -0.3 is 20.3 Å². The van der Waals surface area contributed by atoms with Crippen LogP contribution in [0.15, 0.2) is 36.7 Å². The van der Waals surface area contributed by atoms with Gasteiger partial charge in [-0.15, -0.1) is 0 Å². The lowest BCUT2D eigenvalue weighted by Crippen LogP contribution is -2.06. The number of methoxy groups -OCH3 is 2. The van der Waals surface area contributed by atoms with Crippen LogP contribution in [0.4, 0.5) is 5.69 Å². The smallest absolute Gasteiger partial charge is 0.128 e. The van der Waals surface area contributed by atoms with E-state index in [9.17, 15) is 5.11 Å². The van der Waals surface area contributed by atoms with Gasteiger partial charge in [-0.2, -0.15) is 0 Å². The highest BCUT2D eigenvalue weighted by Crippen LogP contribution is 2.34. The van der Waals surface area contributed by atoms with E-state index in [1.165, 1.54) is 7.11 Å². The van der Waals surface area contributed by atoms with Gasteiger partial charge in [-0.05, 0) is 18.2 Å². The molecule has 1 heterocycles. The zero-order chi connectivity index (χ0) is 13.8. The molecule has 1 atom stereocenters. The normalized spacial score (nSPS) is 11.9. The average molecular weight is 260 g/mol. The van der Waals surface area contributed by atoms with Crippen molar-refractivity contribution in [1.82, 2.24) is 4.98 Å². The number of aromatic nitrogens is 1. The van der Waals surface area contributed by atoms with Crippen LogP contribution in [0.5, 0.6) is 11.5 Å². The van der Waals surface area contributed by atoms with E-state index in [1.54, 1.807) is 43.8 Å². The highest BCUT2D eigenvalue weighted by atomic mass is 16.5. The lowest BCUT2D eigenvalue weighted by Gasteiger charge is -2.17. The van der Waals surface area contributed by atoms with E-state index in [4.69, 9.17) is 15.2 Å². The average Bonchev–Trinajstić information content (AvgIpc) is 2.46. The van der Waals surface area contributed by atoms with E-state index < -0.39 is 6.10 Å². The molecule has 0 bridgehead atoms. The molecule has 1 aromatic carbocycles. The molecule has 100 valence electrons. The topological polar surface area (TPSA) is 77.6 Å². The minimum atomic E-state index is -0.894. The van der Waals surface area contributed by atoms with Gasteiger partial charge in [0, 0.05) is 35.3 Å². The quantitative estimate of drug-likeness (QED) is 0.876. The van der Waals surface area contributed by atoms with Crippen LogP contribution in [0.1, 0.15) is 17.2 Å². The number of aliphatic hydroxyl groups excluding tert-OH is 1. The number of nitrogens with two attached hydrogens (primary N) is 1. The summed E-state index contributed by atoms with van der Waals surface area (Å²) in [6.07, 6.45) is 2.23. The number of aliphatic hydroxyl groups is 1. The van der Waals surface area contributed by atoms with E-state index in [2.05, 4.69) is 4.98 Å². The summed E-state index contributed by atoms with van der Waals surface area (Å²) in [6, 6.07) is 6.86. The Morgan fingerprint density at radius 2 is 1.95 bits per heavy atom. The predicted octanol–water partition coefficient (Wildman–Crippen LogP) is 1.76. The minimum Gasteiger partial charge on any atom is -0.497 e. The standard InChI is InChI=1S/C14H16N2O3/c1-18-9-3-4-10(13(7-9)19-2)14(17)11-8-16-6-5-12(11)15/h3-8,14,17H,1-2H3,(H2,15,16). The summed E-state index contributed by atoms with van der Waals surface area (Å²) in [4.78, 5) is 3.98. The van der Waals surface area contributed by atoms with Gasteiger partial charge in [0.05, 0.1) is 14.2 Å². The number of nitrogen functional groups attached to an aromatic ring is 1. The van der Waals surface area contributed by atoms with Crippen molar-refractivity contribution >= 4 is 5.69 Å². The van der Waals surface area contributed by atoms with Gasteiger partial charge >= 0.3 is 0 Å². The lowest BCUT2D eigenvalue weighted by atomic mass is 10.0. The van der Waals surface area contributed by atoms with Gasteiger partial charge in [0.25, 0.3) is 0 Å². The fourth-order valence-corrected chi connectivity index (χ4v) is 1.86. The van der Waals surface area contributed by atoms with Crippen LogP contribution < -0.4 is 15.2 Å². The fourth-order valence-electron chi connectivity index (χ4n) is 1.86. The second kappa shape index (κ2) is 5.58. The summed E-state index contributed by atoms with van der Waals surface area (Å²) < 4.78 is 10.4.